The first-order chi connectivity index (χ1) is 5.49. The SMILES string of the molecule is CC(=O)C(CC(C)C#N)N(C)C. The number of Topliss-reactive ketones (excluding diaryl/α,β-unsaturated/α-hetero) is 1. The van der Waals surface area contributed by atoms with Gasteiger partial charge in [-0.2, -0.15) is 5.26 Å². The predicted octanol–water partition coefficient (Wildman–Crippen LogP) is 1.06. The van der Waals surface area contributed by atoms with Crippen LogP contribution in [0.3, 0.4) is 0 Å². The summed E-state index contributed by atoms with van der Waals surface area (Å²) in [6.45, 7) is 3.40. The van der Waals surface area contributed by atoms with E-state index in [1.807, 2.05) is 25.9 Å². The van der Waals surface area contributed by atoms with Gasteiger partial charge in [0.05, 0.1) is 12.1 Å². The van der Waals surface area contributed by atoms with Gasteiger partial charge in [-0.15, -0.1) is 0 Å². The molecule has 0 bridgehead atoms. The van der Waals surface area contributed by atoms with Crippen LogP contribution in [0.2, 0.25) is 0 Å². The molecule has 3 heteroatoms. The van der Waals surface area contributed by atoms with Crippen LogP contribution in [0.5, 0.6) is 0 Å². The molecule has 0 rings (SSSR count). The molecule has 0 spiro atoms. The van der Waals surface area contributed by atoms with Gasteiger partial charge in [-0.3, -0.25) is 9.69 Å². The van der Waals surface area contributed by atoms with Crippen molar-refractivity contribution in [2.75, 3.05) is 14.1 Å². The van der Waals surface area contributed by atoms with E-state index in [2.05, 4.69) is 6.07 Å². The van der Waals surface area contributed by atoms with Crippen LogP contribution in [0.15, 0.2) is 0 Å². The second kappa shape index (κ2) is 4.89. The Morgan fingerprint density at radius 3 is 2.33 bits per heavy atom. The molecule has 0 amide bonds. The Hall–Kier alpha value is -0.880. The van der Waals surface area contributed by atoms with Gasteiger partial charge in [0.15, 0.2) is 0 Å². The van der Waals surface area contributed by atoms with Gasteiger partial charge in [0, 0.05) is 5.92 Å². The van der Waals surface area contributed by atoms with Crippen molar-refractivity contribution in [3.8, 4) is 6.07 Å². The minimum atomic E-state index is -0.111. The summed E-state index contributed by atoms with van der Waals surface area (Å²) in [6.07, 6.45) is 0.624. The zero-order valence-corrected chi connectivity index (χ0v) is 8.16. The molecule has 0 aromatic carbocycles. The lowest BCUT2D eigenvalue weighted by molar-refractivity contribution is -0.121. The molecule has 68 valence electrons. The number of ketones is 1. The number of hydrogen-bond donors (Lipinski definition) is 0. The van der Waals surface area contributed by atoms with Crippen molar-refractivity contribution < 1.29 is 4.79 Å². The van der Waals surface area contributed by atoms with Crippen molar-refractivity contribution in [1.29, 1.82) is 5.26 Å². The van der Waals surface area contributed by atoms with Gasteiger partial charge >= 0.3 is 0 Å². The summed E-state index contributed by atoms with van der Waals surface area (Å²) in [4.78, 5) is 12.9. The lowest BCUT2D eigenvalue weighted by Gasteiger charge is -2.22. The van der Waals surface area contributed by atoms with Crippen molar-refractivity contribution >= 4 is 5.78 Å². The lowest BCUT2D eigenvalue weighted by Crippen LogP contribution is -2.35. The van der Waals surface area contributed by atoms with Gasteiger partial charge < -0.3 is 0 Å². The number of nitriles is 1. The third kappa shape index (κ3) is 3.49. The lowest BCUT2D eigenvalue weighted by atomic mass is 10.00. The van der Waals surface area contributed by atoms with Gasteiger partial charge in [0.2, 0.25) is 0 Å². The fourth-order valence-corrected chi connectivity index (χ4v) is 1.13. The van der Waals surface area contributed by atoms with Crippen molar-refractivity contribution in [2.45, 2.75) is 26.3 Å². The molecule has 0 aromatic heterocycles. The minimum Gasteiger partial charge on any atom is -0.300 e. The van der Waals surface area contributed by atoms with Crippen molar-refractivity contribution in [1.82, 2.24) is 4.90 Å². The second-order valence-electron chi connectivity index (χ2n) is 3.36. The van der Waals surface area contributed by atoms with Crippen LogP contribution in [0.25, 0.3) is 0 Å². The maximum atomic E-state index is 11.1. The normalized spacial score (nSPS) is 15.3. The highest BCUT2D eigenvalue weighted by Crippen LogP contribution is 2.09. The first-order valence-corrected chi connectivity index (χ1v) is 4.05. The van der Waals surface area contributed by atoms with Crippen LogP contribution < -0.4 is 0 Å². The number of nitrogens with zero attached hydrogens (tertiary/aromatic N) is 2. The maximum Gasteiger partial charge on any atom is 0.146 e. The summed E-state index contributed by atoms with van der Waals surface area (Å²) in [7, 11) is 3.71. The number of carbonyl (C=O) groups is 1. The van der Waals surface area contributed by atoms with E-state index in [-0.39, 0.29) is 17.7 Å². The summed E-state index contributed by atoms with van der Waals surface area (Å²) in [5.74, 6) is 0.0726. The van der Waals surface area contributed by atoms with E-state index in [1.54, 1.807) is 6.92 Å². The number of likely N-dealkylation sites (N-methyl/N-ethyl adjacent to an activating group) is 1. The topological polar surface area (TPSA) is 44.1 Å². The van der Waals surface area contributed by atoms with E-state index in [1.165, 1.54) is 0 Å². The van der Waals surface area contributed by atoms with Crippen LogP contribution in [-0.2, 0) is 4.79 Å². The van der Waals surface area contributed by atoms with Crippen molar-refractivity contribution in [3.63, 3.8) is 0 Å². The zero-order valence-electron chi connectivity index (χ0n) is 8.16. The molecule has 2 unspecified atom stereocenters. The quantitative estimate of drug-likeness (QED) is 0.630. The molecule has 0 aliphatic carbocycles. The smallest absolute Gasteiger partial charge is 0.146 e. The van der Waals surface area contributed by atoms with Gasteiger partial charge in [-0.1, -0.05) is 0 Å². The molecule has 3 nitrogen and oxygen atoms in total. The Morgan fingerprint density at radius 1 is 1.58 bits per heavy atom. The Balaban J connectivity index is 4.16. The summed E-state index contributed by atoms with van der Waals surface area (Å²) in [5, 5.41) is 8.57. The molecule has 0 radical (unpaired) electrons. The number of hydrogen-bond acceptors (Lipinski definition) is 3. The minimum absolute atomic E-state index is 0.0544. The predicted molar refractivity (Wildman–Crippen MR) is 47.6 cm³/mol. The molecule has 0 heterocycles. The highest BCUT2D eigenvalue weighted by Gasteiger charge is 2.19. The standard InChI is InChI=1S/C9H16N2O/c1-7(6-10)5-9(8(2)12)11(3)4/h7,9H,5H2,1-4H3. The van der Waals surface area contributed by atoms with Crippen LogP contribution >= 0.6 is 0 Å². The highest BCUT2D eigenvalue weighted by atomic mass is 16.1. The third-order valence-electron chi connectivity index (χ3n) is 1.89. The molecule has 0 N–H and O–H groups in total. The van der Waals surface area contributed by atoms with Gasteiger partial charge in [-0.05, 0) is 34.4 Å². The molecule has 0 aliphatic rings. The fourth-order valence-electron chi connectivity index (χ4n) is 1.13. The fraction of sp³-hybridized carbons (Fsp3) is 0.778. The van der Waals surface area contributed by atoms with Crippen LogP contribution in [-0.4, -0.2) is 30.8 Å². The van der Waals surface area contributed by atoms with Crippen LogP contribution in [0.4, 0.5) is 0 Å². The third-order valence-corrected chi connectivity index (χ3v) is 1.89. The molecular formula is C9H16N2O. The molecule has 0 fully saturated rings. The average Bonchev–Trinajstić information content (AvgIpc) is 1.98. The molecule has 0 aromatic rings. The van der Waals surface area contributed by atoms with Gasteiger partial charge in [-0.25, -0.2) is 0 Å². The molecule has 12 heavy (non-hydrogen) atoms. The van der Waals surface area contributed by atoms with Crippen LogP contribution in [0, 0.1) is 17.2 Å². The first kappa shape index (κ1) is 11.1. The summed E-state index contributed by atoms with van der Waals surface area (Å²) in [6, 6.07) is 2.01. The average molecular weight is 168 g/mol. The Bertz CT molecular complexity index is 193. The Morgan fingerprint density at radius 2 is 2.08 bits per heavy atom. The molecule has 0 saturated carbocycles. The second-order valence-corrected chi connectivity index (χ2v) is 3.36. The van der Waals surface area contributed by atoms with E-state index in [4.69, 9.17) is 5.26 Å². The largest absolute Gasteiger partial charge is 0.300 e. The van der Waals surface area contributed by atoms with E-state index in [0.717, 1.165) is 0 Å². The zero-order chi connectivity index (χ0) is 9.72. The molecule has 2 atom stereocenters. The summed E-state index contributed by atoms with van der Waals surface area (Å²) in [5.41, 5.74) is 0. The summed E-state index contributed by atoms with van der Waals surface area (Å²) < 4.78 is 0. The van der Waals surface area contributed by atoms with E-state index in [0.29, 0.717) is 6.42 Å². The van der Waals surface area contributed by atoms with Gasteiger partial charge in [0.25, 0.3) is 0 Å². The Labute approximate surface area is 74.0 Å². The first-order valence-electron chi connectivity index (χ1n) is 4.05. The van der Waals surface area contributed by atoms with Crippen LogP contribution in [0.1, 0.15) is 20.3 Å². The Kier molecular flexibility index (Phi) is 4.53. The summed E-state index contributed by atoms with van der Waals surface area (Å²) >= 11 is 0. The molecule has 0 saturated heterocycles. The molecule has 0 aliphatic heterocycles. The number of rotatable bonds is 4. The van der Waals surface area contributed by atoms with Gasteiger partial charge in [0.1, 0.15) is 5.78 Å². The van der Waals surface area contributed by atoms with Crippen molar-refractivity contribution in [3.05, 3.63) is 0 Å². The number of carbonyl (C=O) groups excluding carboxylic acids is 1. The van der Waals surface area contributed by atoms with E-state index >= 15 is 0 Å². The maximum absolute atomic E-state index is 11.1. The van der Waals surface area contributed by atoms with E-state index in [9.17, 15) is 4.79 Å². The van der Waals surface area contributed by atoms with E-state index < -0.39 is 0 Å². The highest BCUT2D eigenvalue weighted by molar-refractivity contribution is 5.81. The van der Waals surface area contributed by atoms with Crippen molar-refractivity contribution in [2.24, 2.45) is 5.92 Å². The molecular weight excluding hydrogens is 152 g/mol. The monoisotopic (exact) mass is 168 g/mol.